The van der Waals surface area contributed by atoms with Gasteiger partial charge >= 0.3 is 0 Å². The molecule has 0 bridgehead atoms. The Labute approximate surface area is 65.3 Å². The highest BCUT2D eigenvalue weighted by Crippen LogP contribution is 2.13. The summed E-state index contributed by atoms with van der Waals surface area (Å²) in [6.45, 7) is 0. The van der Waals surface area contributed by atoms with E-state index in [0.717, 1.165) is 5.69 Å². The molecule has 1 aromatic heterocycles. The molecular weight excluding hydrogens is 200 g/mol. The van der Waals surface area contributed by atoms with Gasteiger partial charge in [-0.05, 0) is 0 Å². The molecule has 0 saturated carbocycles. The van der Waals surface area contributed by atoms with Gasteiger partial charge in [-0.3, -0.25) is 0 Å². The Morgan fingerprint density at radius 2 is 2.67 bits per heavy atom. The third kappa shape index (κ3) is 1.29. The molecule has 0 unspecified atom stereocenters. The summed E-state index contributed by atoms with van der Waals surface area (Å²) in [4.78, 5) is 4.66. The van der Waals surface area contributed by atoms with Gasteiger partial charge in [0.2, 0.25) is 0 Å². The lowest BCUT2D eigenvalue weighted by Gasteiger charge is -1.82. The highest BCUT2D eigenvalue weighted by atomic mass is 79.9. The Balaban J connectivity index is 3.02. The fraction of sp³-hybridized carbons (Fsp3) is 0.200. The fourth-order valence-corrected chi connectivity index (χ4v) is 1.67. The lowest BCUT2D eigenvalue weighted by molar-refractivity contribution is 1.23. The van der Waals surface area contributed by atoms with Crippen molar-refractivity contribution in [2.75, 3.05) is 0 Å². The van der Waals surface area contributed by atoms with Crippen molar-refractivity contribution in [1.82, 2.24) is 4.98 Å². The summed E-state index contributed by atoms with van der Waals surface area (Å²) in [5, 5.41) is 9.10. The van der Waals surface area contributed by atoms with Gasteiger partial charge in [0.05, 0.1) is 11.2 Å². The Hall–Kier alpha value is -0.400. The molecule has 0 radical (unpaired) electrons. The van der Waals surface area contributed by atoms with Gasteiger partial charge in [0, 0.05) is 5.33 Å². The van der Waals surface area contributed by atoms with Crippen LogP contribution in [0.15, 0.2) is 5.51 Å². The Kier molecular flexibility index (Phi) is 2.20. The average Bonchev–Trinajstić information content (AvgIpc) is 2.33. The van der Waals surface area contributed by atoms with E-state index < -0.39 is 0 Å². The van der Waals surface area contributed by atoms with E-state index in [9.17, 15) is 0 Å². The topological polar surface area (TPSA) is 36.7 Å². The molecule has 2 nitrogen and oxygen atoms in total. The zero-order valence-electron chi connectivity index (χ0n) is 4.47. The first-order valence-corrected chi connectivity index (χ1v) is 4.27. The van der Waals surface area contributed by atoms with Crippen molar-refractivity contribution in [3.05, 3.63) is 16.1 Å². The van der Waals surface area contributed by atoms with Crippen LogP contribution in [0.3, 0.4) is 0 Å². The number of thiazole rings is 1. The van der Waals surface area contributed by atoms with E-state index in [1.165, 1.54) is 11.3 Å². The number of hydrogen-bond donors (Lipinski definition) is 0. The van der Waals surface area contributed by atoms with Crippen LogP contribution in [-0.2, 0) is 5.33 Å². The second kappa shape index (κ2) is 2.95. The minimum absolute atomic E-state index is 0.666. The average molecular weight is 203 g/mol. The predicted molar refractivity (Wildman–Crippen MR) is 39.5 cm³/mol. The number of nitriles is 1. The van der Waals surface area contributed by atoms with E-state index in [2.05, 4.69) is 27.0 Å². The van der Waals surface area contributed by atoms with Gasteiger partial charge in [0.25, 0.3) is 0 Å². The van der Waals surface area contributed by atoms with Crippen LogP contribution < -0.4 is 0 Å². The summed E-state index contributed by atoms with van der Waals surface area (Å²) >= 11 is 4.59. The highest BCUT2D eigenvalue weighted by Gasteiger charge is 2.00. The first-order valence-electron chi connectivity index (χ1n) is 2.27. The smallest absolute Gasteiger partial charge is 0.128 e. The van der Waals surface area contributed by atoms with E-state index >= 15 is 0 Å². The number of hydrogen-bond acceptors (Lipinski definition) is 3. The van der Waals surface area contributed by atoms with Crippen molar-refractivity contribution in [2.45, 2.75) is 5.33 Å². The van der Waals surface area contributed by atoms with Crippen LogP contribution in [0.2, 0.25) is 0 Å². The van der Waals surface area contributed by atoms with Crippen molar-refractivity contribution >= 4 is 27.3 Å². The summed E-state index contributed by atoms with van der Waals surface area (Å²) in [7, 11) is 0. The zero-order valence-corrected chi connectivity index (χ0v) is 6.87. The van der Waals surface area contributed by atoms with Gasteiger partial charge < -0.3 is 0 Å². The third-order valence-electron chi connectivity index (χ3n) is 0.869. The Morgan fingerprint density at radius 3 is 3.11 bits per heavy atom. The largest absolute Gasteiger partial charge is 0.247 e. The van der Waals surface area contributed by atoms with E-state index in [-0.39, 0.29) is 0 Å². The van der Waals surface area contributed by atoms with Gasteiger partial charge in [-0.25, -0.2) is 4.98 Å². The standard InChI is InChI=1S/C5H3BrN2S/c6-1-4-5(2-7)9-3-8-4/h3H,1H2. The van der Waals surface area contributed by atoms with E-state index in [1.807, 2.05) is 0 Å². The zero-order chi connectivity index (χ0) is 6.69. The molecule has 0 N–H and O–H groups in total. The number of nitrogens with zero attached hydrogens (tertiary/aromatic N) is 2. The Morgan fingerprint density at radius 1 is 1.89 bits per heavy atom. The SMILES string of the molecule is N#Cc1scnc1CBr. The molecule has 1 heterocycles. The molecule has 4 heteroatoms. The molecule has 1 aromatic rings. The highest BCUT2D eigenvalue weighted by molar-refractivity contribution is 9.08. The number of halogens is 1. The molecule has 0 saturated heterocycles. The first-order chi connectivity index (χ1) is 4.38. The minimum Gasteiger partial charge on any atom is -0.247 e. The van der Waals surface area contributed by atoms with Crippen LogP contribution in [0.4, 0.5) is 0 Å². The molecule has 0 aliphatic heterocycles. The van der Waals surface area contributed by atoms with Gasteiger partial charge in [0.15, 0.2) is 0 Å². The van der Waals surface area contributed by atoms with Gasteiger partial charge in [-0.1, -0.05) is 15.9 Å². The van der Waals surface area contributed by atoms with Crippen molar-refractivity contribution < 1.29 is 0 Å². The summed E-state index contributed by atoms with van der Waals surface area (Å²) in [6.07, 6.45) is 0. The van der Waals surface area contributed by atoms with Gasteiger partial charge in [-0.2, -0.15) is 5.26 Å². The molecule has 0 fully saturated rings. The summed E-state index contributed by atoms with van der Waals surface area (Å²) in [5.74, 6) is 0. The summed E-state index contributed by atoms with van der Waals surface area (Å²) < 4.78 is 0. The van der Waals surface area contributed by atoms with E-state index in [4.69, 9.17) is 5.26 Å². The normalized spacial score (nSPS) is 8.89. The second-order valence-corrected chi connectivity index (χ2v) is 2.79. The summed E-state index contributed by atoms with van der Waals surface area (Å²) in [5.41, 5.74) is 2.51. The quantitative estimate of drug-likeness (QED) is 0.653. The molecule has 46 valence electrons. The third-order valence-corrected chi connectivity index (χ3v) is 2.17. The molecule has 0 aromatic carbocycles. The van der Waals surface area contributed by atoms with Crippen LogP contribution in [0.25, 0.3) is 0 Å². The monoisotopic (exact) mass is 202 g/mol. The Bertz CT molecular complexity index is 237. The summed E-state index contributed by atoms with van der Waals surface area (Å²) in [6, 6.07) is 2.05. The van der Waals surface area contributed by atoms with Crippen molar-refractivity contribution in [3.8, 4) is 6.07 Å². The van der Waals surface area contributed by atoms with Crippen molar-refractivity contribution in [3.63, 3.8) is 0 Å². The van der Waals surface area contributed by atoms with E-state index in [1.54, 1.807) is 5.51 Å². The van der Waals surface area contributed by atoms with Crippen LogP contribution in [-0.4, -0.2) is 4.98 Å². The molecule has 0 aliphatic carbocycles. The van der Waals surface area contributed by atoms with Crippen molar-refractivity contribution in [2.24, 2.45) is 0 Å². The van der Waals surface area contributed by atoms with E-state index in [0.29, 0.717) is 10.2 Å². The van der Waals surface area contributed by atoms with Crippen molar-refractivity contribution in [1.29, 1.82) is 5.26 Å². The van der Waals surface area contributed by atoms with Crippen LogP contribution >= 0.6 is 27.3 Å². The number of alkyl halides is 1. The molecular formula is C5H3BrN2S. The lowest BCUT2D eigenvalue weighted by atomic mass is 10.4. The molecule has 0 spiro atoms. The fourth-order valence-electron chi connectivity index (χ4n) is 0.455. The minimum atomic E-state index is 0.666. The molecule has 0 aliphatic rings. The van der Waals surface area contributed by atoms with Gasteiger partial charge in [0.1, 0.15) is 10.9 Å². The van der Waals surface area contributed by atoms with Crippen LogP contribution in [0, 0.1) is 11.3 Å². The lowest BCUT2D eigenvalue weighted by Crippen LogP contribution is -1.78. The predicted octanol–water partition coefficient (Wildman–Crippen LogP) is 1.91. The van der Waals surface area contributed by atoms with Crippen LogP contribution in [0.1, 0.15) is 10.6 Å². The second-order valence-electron chi connectivity index (χ2n) is 1.37. The molecule has 0 atom stereocenters. The number of rotatable bonds is 1. The maximum atomic E-state index is 8.44. The molecule has 9 heavy (non-hydrogen) atoms. The first kappa shape index (κ1) is 6.72. The molecule has 1 rings (SSSR count). The maximum absolute atomic E-state index is 8.44. The van der Waals surface area contributed by atoms with Crippen LogP contribution in [0.5, 0.6) is 0 Å². The van der Waals surface area contributed by atoms with Gasteiger partial charge in [-0.15, -0.1) is 11.3 Å². The maximum Gasteiger partial charge on any atom is 0.128 e. The number of aromatic nitrogens is 1. The molecule has 0 amide bonds.